The molecule has 1 atom stereocenters. The first-order valence-electron chi connectivity index (χ1n) is 11.2. The van der Waals surface area contributed by atoms with Crippen LogP contribution in [0.5, 0.6) is 0 Å². The van der Waals surface area contributed by atoms with E-state index in [4.69, 9.17) is 4.74 Å². The average Bonchev–Trinajstić information content (AvgIpc) is 2.79. The first kappa shape index (κ1) is 27.6. The lowest BCUT2D eigenvalue weighted by Crippen LogP contribution is -2.54. The molecule has 176 valence electrons. The molecule has 1 amide bonds. The third-order valence-corrected chi connectivity index (χ3v) is 5.80. The molecular formula is C23H40IN5O2. The molecule has 0 spiro atoms. The van der Waals surface area contributed by atoms with Gasteiger partial charge in [-0.15, -0.1) is 24.0 Å². The highest BCUT2D eigenvalue weighted by Gasteiger charge is 2.27. The van der Waals surface area contributed by atoms with Gasteiger partial charge in [0.15, 0.2) is 5.96 Å². The van der Waals surface area contributed by atoms with Crippen LogP contribution in [0.25, 0.3) is 0 Å². The second kappa shape index (κ2) is 16.3. The van der Waals surface area contributed by atoms with Gasteiger partial charge in [-0.1, -0.05) is 57.0 Å². The molecule has 3 N–H and O–H groups in total. The summed E-state index contributed by atoms with van der Waals surface area (Å²) >= 11 is 0. The van der Waals surface area contributed by atoms with Gasteiger partial charge in [-0.25, -0.2) is 0 Å². The molecule has 1 heterocycles. The second-order valence-corrected chi connectivity index (χ2v) is 7.68. The fourth-order valence-corrected chi connectivity index (χ4v) is 3.98. The fourth-order valence-electron chi connectivity index (χ4n) is 3.98. The van der Waals surface area contributed by atoms with Crippen molar-refractivity contribution in [1.82, 2.24) is 20.9 Å². The van der Waals surface area contributed by atoms with Crippen molar-refractivity contribution in [3.8, 4) is 0 Å². The van der Waals surface area contributed by atoms with Crippen LogP contribution in [0.15, 0.2) is 35.3 Å². The lowest BCUT2D eigenvalue weighted by Gasteiger charge is -2.39. The number of carbonyl (C=O) groups excluding carboxylic acids is 1. The van der Waals surface area contributed by atoms with E-state index >= 15 is 0 Å². The van der Waals surface area contributed by atoms with Crippen LogP contribution in [-0.2, 0) is 16.0 Å². The Morgan fingerprint density at radius 3 is 2.39 bits per heavy atom. The number of halogens is 1. The molecule has 31 heavy (non-hydrogen) atoms. The number of carbonyl (C=O) groups is 1. The lowest BCUT2D eigenvalue weighted by molar-refractivity contribution is -0.119. The normalized spacial score (nSPS) is 15.8. The summed E-state index contributed by atoms with van der Waals surface area (Å²) in [5.74, 6) is 1.26. The summed E-state index contributed by atoms with van der Waals surface area (Å²) in [6.07, 6.45) is 3.13. The number of hydrogen-bond donors (Lipinski definition) is 3. The Kier molecular flexibility index (Phi) is 14.5. The van der Waals surface area contributed by atoms with Crippen molar-refractivity contribution in [2.45, 2.75) is 39.2 Å². The second-order valence-electron chi connectivity index (χ2n) is 7.68. The van der Waals surface area contributed by atoms with Gasteiger partial charge in [0.2, 0.25) is 5.91 Å². The molecule has 1 fully saturated rings. The molecule has 1 aliphatic rings. The Labute approximate surface area is 204 Å². The topological polar surface area (TPSA) is 78.0 Å². The highest BCUT2D eigenvalue weighted by Crippen LogP contribution is 2.19. The van der Waals surface area contributed by atoms with Gasteiger partial charge in [0, 0.05) is 39.3 Å². The van der Waals surface area contributed by atoms with Gasteiger partial charge in [0.25, 0.3) is 0 Å². The SMILES string of the molecule is CCC(CC)C(CNC(=NC)NCC(=O)NCCc1ccccc1)N1CCOCC1.I. The summed E-state index contributed by atoms with van der Waals surface area (Å²) in [4.78, 5) is 19.0. The van der Waals surface area contributed by atoms with E-state index in [1.165, 1.54) is 5.56 Å². The summed E-state index contributed by atoms with van der Waals surface area (Å²) in [6, 6.07) is 10.6. The van der Waals surface area contributed by atoms with Crippen LogP contribution >= 0.6 is 24.0 Å². The van der Waals surface area contributed by atoms with E-state index in [1.807, 2.05) is 18.2 Å². The van der Waals surface area contributed by atoms with Crippen molar-refractivity contribution in [2.24, 2.45) is 10.9 Å². The number of morpholine rings is 1. The van der Waals surface area contributed by atoms with Crippen LogP contribution in [0.2, 0.25) is 0 Å². The maximum Gasteiger partial charge on any atom is 0.239 e. The molecule has 1 aromatic carbocycles. The number of amides is 1. The van der Waals surface area contributed by atoms with Crippen LogP contribution in [0.1, 0.15) is 32.3 Å². The Morgan fingerprint density at radius 2 is 1.77 bits per heavy atom. The van der Waals surface area contributed by atoms with E-state index in [9.17, 15) is 4.79 Å². The first-order valence-corrected chi connectivity index (χ1v) is 11.2. The highest BCUT2D eigenvalue weighted by atomic mass is 127. The van der Waals surface area contributed by atoms with E-state index < -0.39 is 0 Å². The minimum absolute atomic E-state index is 0. The first-order chi connectivity index (χ1) is 14.7. The number of ether oxygens (including phenoxy) is 1. The van der Waals surface area contributed by atoms with E-state index in [-0.39, 0.29) is 36.4 Å². The van der Waals surface area contributed by atoms with E-state index in [2.05, 4.69) is 51.8 Å². The third-order valence-electron chi connectivity index (χ3n) is 5.80. The minimum atomic E-state index is -0.0291. The Bertz CT molecular complexity index is 634. The van der Waals surface area contributed by atoms with Crippen LogP contribution in [0, 0.1) is 5.92 Å². The molecule has 0 bridgehead atoms. The lowest BCUT2D eigenvalue weighted by atomic mass is 9.92. The summed E-state index contributed by atoms with van der Waals surface area (Å²) < 4.78 is 5.53. The molecular weight excluding hydrogens is 505 g/mol. The standard InChI is InChI=1S/C23H39N5O2.HI/c1-4-20(5-2)21(28-13-15-30-16-14-28)17-26-23(24-3)27-18-22(29)25-12-11-19-9-7-6-8-10-19;/h6-10,20-21H,4-5,11-18H2,1-3H3,(H,25,29)(H2,24,26,27);1H. The molecule has 1 unspecified atom stereocenters. The monoisotopic (exact) mass is 545 g/mol. The zero-order valence-electron chi connectivity index (χ0n) is 19.2. The van der Waals surface area contributed by atoms with Gasteiger partial charge >= 0.3 is 0 Å². The zero-order valence-corrected chi connectivity index (χ0v) is 21.6. The van der Waals surface area contributed by atoms with Crippen LogP contribution in [-0.4, -0.2) is 75.8 Å². The van der Waals surface area contributed by atoms with Crippen molar-refractivity contribution in [1.29, 1.82) is 0 Å². The van der Waals surface area contributed by atoms with E-state index in [0.29, 0.717) is 24.5 Å². The predicted octanol–water partition coefficient (Wildman–Crippen LogP) is 2.27. The van der Waals surface area contributed by atoms with Gasteiger partial charge in [0.1, 0.15) is 0 Å². The number of rotatable bonds is 11. The molecule has 1 aromatic rings. The third kappa shape index (κ3) is 10.2. The van der Waals surface area contributed by atoms with Crippen molar-refractivity contribution >= 4 is 35.8 Å². The molecule has 1 aliphatic heterocycles. The van der Waals surface area contributed by atoms with Gasteiger partial charge in [-0.3, -0.25) is 14.7 Å². The highest BCUT2D eigenvalue weighted by molar-refractivity contribution is 14.0. The molecule has 7 nitrogen and oxygen atoms in total. The number of benzene rings is 1. The Morgan fingerprint density at radius 1 is 1.10 bits per heavy atom. The quantitative estimate of drug-likeness (QED) is 0.226. The molecule has 0 saturated carbocycles. The molecule has 8 heteroatoms. The number of nitrogens with zero attached hydrogens (tertiary/aromatic N) is 2. The number of hydrogen-bond acceptors (Lipinski definition) is 4. The molecule has 1 saturated heterocycles. The predicted molar refractivity (Wildman–Crippen MR) is 138 cm³/mol. The maximum atomic E-state index is 12.2. The van der Waals surface area contributed by atoms with Crippen LogP contribution in [0.4, 0.5) is 0 Å². The number of aliphatic imine (C=N–C) groups is 1. The summed E-state index contributed by atoms with van der Waals surface area (Å²) in [7, 11) is 1.74. The smallest absolute Gasteiger partial charge is 0.239 e. The summed E-state index contributed by atoms with van der Waals surface area (Å²) in [5.41, 5.74) is 1.22. The molecule has 0 radical (unpaired) electrons. The largest absolute Gasteiger partial charge is 0.379 e. The number of nitrogens with one attached hydrogen (secondary N) is 3. The van der Waals surface area contributed by atoms with Crippen molar-refractivity contribution in [3.63, 3.8) is 0 Å². The van der Waals surface area contributed by atoms with Crippen molar-refractivity contribution in [3.05, 3.63) is 35.9 Å². The molecule has 2 rings (SSSR count). The van der Waals surface area contributed by atoms with Gasteiger partial charge in [-0.05, 0) is 17.9 Å². The zero-order chi connectivity index (χ0) is 21.6. The van der Waals surface area contributed by atoms with Crippen molar-refractivity contribution < 1.29 is 9.53 Å². The van der Waals surface area contributed by atoms with Crippen molar-refractivity contribution in [2.75, 3.05) is 53.0 Å². The average molecular weight is 546 g/mol. The van der Waals surface area contributed by atoms with E-state index in [1.54, 1.807) is 7.05 Å². The molecule has 0 aromatic heterocycles. The van der Waals surface area contributed by atoms with Gasteiger partial charge in [0.05, 0.1) is 19.8 Å². The minimum Gasteiger partial charge on any atom is -0.379 e. The van der Waals surface area contributed by atoms with Gasteiger partial charge < -0.3 is 20.7 Å². The summed E-state index contributed by atoms with van der Waals surface area (Å²) in [5, 5.41) is 9.52. The van der Waals surface area contributed by atoms with Crippen LogP contribution < -0.4 is 16.0 Å². The van der Waals surface area contributed by atoms with Crippen LogP contribution in [0.3, 0.4) is 0 Å². The number of guanidine groups is 1. The molecule has 0 aliphatic carbocycles. The Hall–Kier alpha value is -1.39. The van der Waals surface area contributed by atoms with Gasteiger partial charge in [-0.2, -0.15) is 0 Å². The Balaban J connectivity index is 0.00000480. The maximum absolute atomic E-state index is 12.2. The summed E-state index contributed by atoms with van der Waals surface area (Å²) in [6.45, 7) is 9.70. The van der Waals surface area contributed by atoms with E-state index in [0.717, 1.165) is 52.1 Å². The fraction of sp³-hybridized carbons (Fsp3) is 0.652.